The highest BCUT2D eigenvalue weighted by molar-refractivity contribution is 7.92. The predicted octanol–water partition coefficient (Wildman–Crippen LogP) is 3.86. The Morgan fingerprint density at radius 1 is 0.897 bits per heavy atom. The van der Waals surface area contributed by atoms with Crippen molar-refractivity contribution in [1.82, 2.24) is 4.57 Å². The molecule has 4 aromatic rings. The van der Waals surface area contributed by atoms with Gasteiger partial charge in [-0.1, -0.05) is 0 Å². The number of phenols is 1. The summed E-state index contributed by atoms with van der Waals surface area (Å²) in [5.74, 6) is 1.07. The standard InChI is InChI=1S/C21H20N2O5S/c1-23-19-9-6-15(12-17(19)16-7-4-13(24)10-20(16)23)29(25,26)22-18-8-5-14(27-2)11-21(18)28-3/h4-12,22,24H,1-3H3. The molecule has 0 unspecified atom stereocenters. The molecule has 0 fully saturated rings. The van der Waals surface area contributed by atoms with Gasteiger partial charge in [0.25, 0.3) is 10.0 Å². The fraction of sp³-hybridized carbons (Fsp3) is 0.143. The molecule has 8 heteroatoms. The van der Waals surface area contributed by atoms with Gasteiger partial charge < -0.3 is 19.1 Å². The minimum absolute atomic E-state index is 0.128. The van der Waals surface area contributed by atoms with Crippen LogP contribution in [0.3, 0.4) is 0 Å². The molecular formula is C21H20N2O5S. The van der Waals surface area contributed by atoms with Crippen LogP contribution in [-0.2, 0) is 17.1 Å². The molecule has 0 saturated carbocycles. The third-order valence-electron chi connectivity index (χ3n) is 4.93. The van der Waals surface area contributed by atoms with Gasteiger partial charge in [-0.2, -0.15) is 0 Å². The van der Waals surface area contributed by atoms with Crippen LogP contribution in [0.5, 0.6) is 17.2 Å². The van der Waals surface area contributed by atoms with Crippen LogP contribution in [0.25, 0.3) is 21.8 Å². The number of benzene rings is 3. The minimum atomic E-state index is -3.85. The molecule has 0 aliphatic rings. The van der Waals surface area contributed by atoms with Crippen molar-refractivity contribution in [1.29, 1.82) is 0 Å². The molecule has 0 saturated heterocycles. The predicted molar refractivity (Wildman–Crippen MR) is 112 cm³/mol. The zero-order valence-electron chi connectivity index (χ0n) is 16.1. The highest BCUT2D eigenvalue weighted by Crippen LogP contribution is 2.34. The summed E-state index contributed by atoms with van der Waals surface area (Å²) in [6.45, 7) is 0. The molecule has 0 aliphatic heterocycles. The van der Waals surface area contributed by atoms with Crippen LogP contribution in [0.1, 0.15) is 0 Å². The lowest BCUT2D eigenvalue weighted by molar-refractivity contribution is 0.395. The van der Waals surface area contributed by atoms with E-state index in [0.717, 1.165) is 21.8 Å². The van der Waals surface area contributed by atoms with Gasteiger partial charge in [-0.25, -0.2) is 8.42 Å². The SMILES string of the molecule is COc1ccc(NS(=O)(=O)c2ccc3c(c2)c2ccc(O)cc2n3C)c(OC)c1. The van der Waals surface area contributed by atoms with Crippen LogP contribution < -0.4 is 14.2 Å². The Kier molecular flexibility index (Phi) is 4.50. The number of methoxy groups -OCH3 is 2. The third-order valence-corrected chi connectivity index (χ3v) is 6.29. The van der Waals surface area contributed by atoms with Crippen molar-refractivity contribution < 1.29 is 23.0 Å². The molecule has 150 valence electrons. The molecule has 0 spiro atoms. The summed E-state index contributed by atoms with van der Waals surface area (Å²) in [5.41, 5.74) is 2.00. The monoisotopic (exact) mass is 412 g/mol. The second-order valence-corrected chi connectivity index (χ2v) is 8.29. The van der Waals surface area contributed by atoms with Crippen LogP contribution in [-0.4, -0.2) is 32.3 Å². The van der Waals surface area contributed by atoms with Gasteiger partial charge >= 0.3 is 0 Å². The summed E-state index contributed by atoms with van der Waals surface area (Å²) >= 11 is 0. The van der Waals surface area contributed by atoms with Gasteiger partial charge in [0.2, 0.25) is 0 Å². The first-order chi connectivity index (χ1) is 13.8. The minimum Gasteiger partial charge on any atom is -0.508 e. The largest absolute Gasteiger partial charge is 0.508 e. The number of aromatic hydroxyl groups is 1. The van der Waals surface area contributed by atoms with Crippen LogP contribution in [0.2, 0.25) is 0 Å². The van der Waals surface area contributed by atoms with Crippen molar-refractivity contribution in [3.05, 3.63) is 54.6 Å². The van der Waals surface area contributed by atoms with Crippen molar-refractivity contribution in [3.63, 3.8) is 0 Å². The summed E-state index contributed by atoms with van der Waals surface area (Å²) in [6.07, 6.45) is 0. The molecule has 0 amide bonds. The van der Waals surface area contributed by atoms with E-state index >= 15 is 0 Å². The number of hydrogen-bond donors (Lipinski definition) is 2. The molecule has 1 aromatic heterocycles. The van der Waals surface area contributed by atoms with E-state index in [2.05, 4.69) is 4.72 Å². The highest BCUT2D eigenvalue weighted by Gasteiger charge is 2.19. The average Bonchev–Trinajstić information content (AvgIpc) is 2.99. The third kappa shape index (κ3) is 3.21. The molecule has 29 heavy (non-hydrogen) atoms. The maximum Gasteiger partial charge on any atom is 0.262 e. The first-order valence-corrected chi connectivity index (χ1v) is 10.3. The molecule has 2 N–H and O–H groups in total. The summed E-state index contributed by atoms with van der Waals surface area (Å²) in [6, 6.07) is 14.8. The normalized spacial score (nSPS) is 11.7. The number of aromatic nitrogens is 1. The molecule has 0 atom stereocenters. The molecule has 7 nitrogen and oxygen atoms in total. The number of rotatable bonds is 5. The van der Waals surface area contributed by atoms with Gasteiger partial charge in [0.1, 0.15) is 17.2 Å². The Bertz CT molecular complexity index is 1340. The van der Waals surface area contributed by atoms with Crippen molar-refractivity contribution in [2.45, 2.75) is 4.90 Å². The second-order valence-electron chi connectivity index (χ2n) is 6.61. The number of phenolic OH excluding ortho intramolecular Hbond substituents is 1. The lowest BCUT2D eigenvalue weighted by Gasteiger charge is -2.13. The molecule has 1 heterocycles. The molecule has 3 aromatic carbocycles. The lowest BCUT2D eigenvalue weighted by Crippen LogP contribution is -2.13. The van der Waals surface area contributed by atoms with Crippen molar-refractivity contribution in [3.8, 4) is 17.2 Å². The topological polar surface area (TPSA) is 89.8 Å². The van der Waals surface area contributed by atoms with Crippen LogP contribution >= 0.6 is 0 Å². The van der Waals surface area contributed by atoms with E-state index in [4.69, 9.17) is 9.47 Å². The maximum atomic E-state index is 13.0. The van der Waals surface area contributed by atoms with E-state index in [9.17, 15) is 13.5 Å². The molecule has 4 rings (SSSR count). The van der Waals surface area contributed by atoms with Crippen molar-refractivity contribution in [2.75, 3.05) is 18.9 Å². The molecule has 0 bridgehead atoms. The summed E-state index contributed by atoms with van der Waals surface area (Å²) in [4.78, 5) is 0.128. The molecule has 0 aliphatic carbocycles. The zero-order valence-corrected chi connectivity index (χ0v) is 16.9. The Morgan fingerprint density at radius 3 is 2.41 bits per heavy atom. The lowest BCUT2D eigenvalue weighted by atomic mass is 10.1. The fourth-order valence-corrected chi connectivity index (χ4v) is 4.53. The number of nitrogens with one attached hydrogen (secondary N) is 1. The van der Waals surface area contributed by atoms with Gasteiger partial charge in [0.15, 0.2) is 0 Å². The van der Waals surface area contributed by atoms with Gasteiger partial charge in [0.05, 0.1) is 30.3 Å². The van der Waals surface area contributed by atoms with Gasteiger partial charge in [-0.15, -0.1) is 0 Å². The number of ether oxygens (including phenoxy) is 2. The maximum absolute atomic E-state index is 13.0. The van der Waals surface area contributed by atoms with Gasteiger partial charge in [-0.05, 0) is 42.5 Å². The smallest absolute Gasteiger partial charge is 0.262 e. The van der Waals surface area contributed by atoms with Crippen LogP contribution in [0.4, 0.5) is 5.69 Å². The average molecular weight is 412 g/mol. The molecular weight excluding hydrogens is 392 g/mol. The Morgan fingerprint density at radius 2 is 1.69 bits per heavy atom. The van der Waals surface area contributed by atoms with E-state index in [1.54, 1.807) is 54.6 Å². The van der Waals surface area contributed by atoms with Crippen molar-refractivity contribution in [2.24, 2.45) is 7.05 Å². The number of sulfonamides is 1. The Labute approximate surface area is 168 Å². The Hall–Kier alpha value is -3.39. The Balaban J connectivity index is 1.80. The van der Waals surface area contributed by atoms with E-state index in [-0.39, 0.29) is 10.6 Å². The summed E-state index contributed by atoms with van der Waals surface area (Å²) in [5, 5.41) is 11.4. The van der Waals surface area contributed by atoms with Gasteiger partial charge in [-0.3, -0.25) is 4.72 Å². The summed E-state index contributed by atoms with van der Waals surface area (Å²) < 4.78 is 41.0. The highest BCUT2D eigenvalue weighted by atomic mass is 32.2. The van der Waals surface area contributed by atoms with E-state index in [1.807, 2.05) is 11.6 Å². The van der Waals surface area contributed by atoms with E-state index in [1.165, 1.54) is 14.2 Å². The molecule has 0 radical (unpaired) electrons. The van der Waals surface area contributed by atoms with Crippen LogP contribution in [0.15, 0.2) is 59.5 Å². The quantitative estimate of drug-likeness (QED) is 0.520. The number of aryl methyl sites for hydroxylation is 1. The number of hydrogen-bond acceptors (Lipinski definition) is 5. The number of anilines is 1. The van der Waals surface area contributed by atoms with Gasteiger partial charge in [0, 0.05) is 35.5 Å². The number of nitrogens with zero attached hydrogens (tertiary/aromatic N) is 1. The fourth-order valence-electron chi connectivity index (χ4n) is 3.43. The first-order valence-electron chi connectivity index (χ1n) is 8.80. The zero-order chi connectivity index (χ0) is 20.8. The first kappa shape index (κ1) is 18.9. The second kappa shape index (κ2) is 6.89. The van der Waals surface area contributed by atoms with E-state index < -0.39 is 10.0 Å². The van der Waals surface area contributed by atoms with Crippen molar-refractivity contribution >= 4 is 37.5 Å². The van der Waals surface area contributed by atoms with E-state index in [0.29, 0.717) is 17.2 Å². The van der Waals surface area contributed by atoms with Crippen LogP contribution in [0, 0.1) is 0 Å². The summed E-state index contributed by atoms with van der Waals surface area (Å²) in [7, 11) is 1.01. The number of fused-ring (bicyclic) bond motifs is 3.